The molecule has 0 saturated heterocycles. The molecule has 8 heteroatoms. The van der Waals surface area contributed by atoms with E-state index in [0.29, 0.717) is 22.0 Å². The van der Waals surface area contributed by atoms with Crippen molar-refractivity contribution in [3.05, 3.63) is 125 Å². The molecule has 3 amide bonds. The molecule has 6 nitrogen and oxygen atoms in total. The summed E-state index contributed by atoms with van der Waals surface area (Å²) in [5.41, 5.74) is 7.85. The normalized spacial score (nSPS) is 11.4. The van der Waals surface area contributed by atoms with Gasteiger partial charge in [0, 0.05) is 21.2 Å². The summed E-state index contributed by atoms with van der Waals surface area (Å²) in [4.78, 5) is 38.6. The maximum Gasteiger partial charge on any atom is 0.255 e. The van der Waals surface area contributed by atoms with E-state index in [-0.39, 0.29) is 17.4 Å². The Labute approximate surface area is 217 Å². The third-order valence-electron chi connectivity index (χ3n) is 5.22. The summed E-state index contributed by atoms with van der Waals surface area (Å²) in [6, 6.07) is 29.8. The topological polar surface area (TPSA) is 101 Å². The first-order valence-electron chi connectivity index (χ1n) is 11.0. The van der Waals surface area contributed by atoms with Crippen LogP contribution in [0.25, 0.3) is 0 Å². The van der Waals surface area contributed by atoms with E-state index < -0.39 is 11.2 Å². The van der Waals surface area contributed by atoms with Crippen LogP contribution in [0.15, 0.2) is 108 Å². The second-order valence-corrected chi connectivity index (χ2v) is 9.41. The van der Waals surface area contributed by atoms with Crippen molar-refractivity contribution in [2.24, 2.45) is 5.73 Å². The zero-order valence-corrected chi connectivity index (χ0v) is 20.6. The van der Waals surface area contributed by atoms with Gasteiger partial charge in [-0.05, 0) is 54.1 Å². The Morgan fingerprint density at radius 1 is 0.778 bits per heavy atom. The van der Waals surface area contributed by atoms with Crippen molar-refractivity contribution in [2.75, 3.05) is 10.6 Å². The maximum absolute atomic E-state index is 13.4. The lowest BCUT2D eigenvalue weighted by molar-refractivity contribution is -0.115. The van der Waals surface area contributed by atoms with Crippen LogP contribution in [0.2, 0.25) is 5.02 Å². The molecule has 4 rings (SSSR count). The molecule has 0 fully saturated rings. The molecule has 180 valence electrons. The number of para-hydroxylation sites is 1. The number of carbonyl (C=O) groups excluding carboxylic acids is 3. The number of halogens is 1. The molecule has 0 aliphatic carbocycles. The third-order valence-corrected chi connectivity index (χ3v) is 6.71. The van der Waals surface area contributed by atoms with Gasteiger partial charge in [0.1, 0.15) is 5.25 Å². The lowest BCUT2D eigenvalue weighted by atomic mass is 10.1. The Hall–Kier alpha value is -4.07. The predicted octanol–water partition coefficient (Wildman–Crippen LogP) is 6.16. The van der Waals surface area contributed by atoms with Crippen LogP contribution in [0.4, 0.5) is 11.4 Å². The fourth-order valence-electron chi connectivity index (χ4n) is 3.52. The summed E-state index contributed by atoms with van der Waals surface area (Å²) in [6.07, 6.45) is 0. The van der Waals surface area contributed by atoms with Crippen LogP contribution in [0, 0.1) is 0 Å². The zero-order valence-electron chi connectivity index (χ0n) is 19.0. The molecule has 0 spiro atoms. The van der Waals surface area contributed by atoms with Gasteiger partial charge in [0.2, 0.25) is 5.91 Å². The first kappa shape index (κ1) is 25.0. The number of nitrogens with one attached hydrogen (secondary N) is 2. The van der Waals surface area contributed by atoms with Gasteiger partial charge in [0.25, 0.3) is 11.8 Å². The fourth-order valence-corrected chi connectivity index (χ4v) is 4.80. The lowest BCUT2D eigenvalue weighted by Crippen LogP contribution is -2.22. The highest BCUT2D eigenvalue weighted by molar-refractivity contribution is 8.00. The second-order valence-electron chi connectivity index (χ2n) is 7.80. The largest absolute Gasteiger partial charge is 0.366 e. The van der Waals surface area contributed by atoms with E-state index in [1.165, 1.54) is 11.8 Å². The monoisotopic (exact) mass is 515 g/mol. The highest BCUT2D eigenvalue weighted by Gasteiger charge is 2.23. The van der Waals surface area contributed by atoms with Gasteiger partial charge in [-0.25, -0.2) is 0 Å². The van der Waals surface area contributed by atoms with Crippen LogP contribution in [0.3, 0.4) is 0 Å². The standard InChI is InChI=1S/C28H22ClN3O3S/c29-20-11-6-10-19(16-20)27(34)31-21-12-7-13-22(17-21)36-25(18-8-2-1-3-9-18)28(35)32-24-15-5-4-14-23(24)26(30)33/h1-17,25H,(H2,30,33)(H,31,34)(H,32,35). The number of anilines is 2. The van der Waals surface area contributed by atoms with E-state index in [1.54, 1.807) is 66.7 Å². The molecule has 0 aliphatic rings. The molecule has 4 N–H and O–H groups in total. The number of benzene rings is 4. The number of amides is 3. The van der Waals surface area contributed by atoms with E-state index in [4.69, 9.17) is 17.3 Å². The average molecular weight is 516 g/mol. The molecule has 0 heterocycles. The van der Waals surface area contributed by atoms with Crippen LogP contribution >= 0.6 is 23.4 Å². The smallest absolute Gasteiger partial charge is 0.255 e. The van der Waals surface area contributed by atoms with Gasteiger partial charge < -0.3 is 16.4 Å². The Balaban J connectivity index is 1.57. The van der Waals surface area contributed by atoms with E-state index in [9.17, 15) is 14.4 Å². The molecule has 4 aromatic rings. The van der Waals surface area contributed by atoms with E-state index in [0.717, 1.165) is 10.5 Å². The van der Waals surface area contributed by atoms with E-state index in [2.05, 4.69) is 10.6 Å². The minimum absolute atomic E-state index is 0.230. The molecule has 0 bridgehead atoms. The molecule has 0 aromatic heterocycles. The van der Waals surface area contributed by atoms with Gasteiger partial charge in [0.15, 0.2) is 0 Å². The Kier molecular flexibility index (Phi) is 8.05. The third kappa shape index (κ3) is 6.33. The van der Waals surface area contributed by atoms with Crippen molar-refractivity contribution in [2.45, 2.75) is 10.1 Å². The van der Waals surface area contributed by atoms with Crippen molar-refractivity contribution >= 4 is 52.5 Å². The van der Waals surface area contributed by atoms with Crippen LogP contribution < -0.4 is 16.4 Å². The number of hydrogen-bond donors (Lipinski definition) is 3. The summed E-state index contributed by atoms with van der Waals surface area (Å²) in [6.45, 7) is 0. The molecular formula is C28H22ClN3O3S. The number of hydrogen-bond acceptors (Lipinski definition) is 4. The number of nitrogens with two attached hydrogens (primary N) is 1. The molecule has 0 radical (unpaired) electrons. The molecule has 1 unspecified atom stereocenters. The quantitative estimate of drug-likeness (QED) is 0.244. The summed E-state index contributed by atoms with van der Waals surface area (Å²) >= 11 is 7.32. The first-order chi connectivity index (χ1) is 17.4. The second kappa shape index (κ2) is 11.6. The number of thioether (sulfide) groups is 1. The minimum atomic E-state index is -0.633. The van der Waals surface area contributed by atoms with Gasteiger partial charge in [-0.15, -0.1) is 11.8 Å². The Morgan fingerprint density at radius 2 is 1.50 bits per heavy atom. The summed E-state index contributed by atoms with van der Waals surface area (Å²) < 4.78 is 0. The van der Waals surface area contributed by atoms with Crippen molar-refractivity contribution < 1.29 is 14.4 Å². The lowest BCUT2D eigenvalue weighted by Gasteiger charge is -2.18. The summed E-state index contributed by atoms with van der Waals surface area (Å²) in [5.74, 6) is -1.23. The van der Waals surface area contributed by atoms with Gasteiger partial charge >= 0.3 is 0 Å². The van der Waals surface area contributed by atoms with E-state index in [1.807, 2.05) is 36.4 Å². The van der Waals surface area contributed by atoms with Crippen LogP contribution in [-0.4, -0.2) is 17.7 Å². The van der Waals surface area contributed by atoms with Crippen molar-refractivity contribution in [1.82, 2.24) is 0 Å². The van der Waals surface area contributed by atoms with Gasteiger partial charge in [0.05, 0.1) is 11.3 Å². The summed E-state index contributed by atoms with van der Waals surface area (Å²) in [5, 5.41) is 5.55. The highest BCUT2D eigenvalue weighted by Crippen LogP contribution is 2.37. The minimum Gasteiger partial charge on any atom is -0.366 e. The molecule has 1 atom stereocenters. The number of primary amides is 1. The molecule has 36 heavy (non-hydrogen) atoms. The molecule has 0 saturated carbocycles. The van der Waals surface area contributed by atoms with Crippen LogP contribution in [0.5, 0.6) is 0 Å². The SMILES string of the molecule is NC(=O)c1ccccc1NC(=O)C(Sc1cccc(NC(=O)c2cccc(Cl)c2)c1)c1ccccc1. The first-order valence-corrected chi connectivity index (χ1v) is 12.2. The van der Waals surface area contributed by atoms with Crippen molar-refractivity contribution in [3.8, 4) is 0 Å². The van der Waals surface area contributed by atoms with Crippen molar-refractivity contribution in [3.63, 3.8) is 0 Å². The zero-order chi connectivity index (χ0) is 25.5. The predicted molar refractivity (Wildman–Crippen MR) is 144 cm³/mol. The van der Waals surface area contributed by atoms with Crippen molar-refractivity contribution in [1.29, 1.82) is 0 Å². The Bertz CT molecular complexity index is 1410. The fraction of sp³-hybridized carbons (Fsp3) is 0.0357. The maximum atomic E-state index is 13.4. The van der Waals surface area contributed by atoms with Crippen LogP contribution in [-0.2, 0) is 4.79 Å². The summed E-state index contributed by atoms with van der Waals surface area (Å²) in [7, 11) is 0. The highest BCUT2D eigenvalue weighted by atomic mass is 35.5. The van der Waals surface area contributed by atoms with Gasteiger partial charge in [-0.2, -0.15) is 0 Å². The van der Waals surface area contributed by atoms with Gasteiger partial charge in [-0.3, -0.25) is 14.4 Å². The number of carbonyl (C=O) groups is 3. The molecule has 4 aromatic carbocycles. The Morgan fingerprint density at radius 3 is 2.25 bits per heavy atom. The van der Waals surface area contributed by atoms with E-state index >= 15 is 0 Å². The van der Waals surface area contributed by atoms with Gasteiger partial charge in [-0.1, -0.05) is 66.2 Å². The average Bonchev–Trinajstić information content (AvgIpc) is 2.88. The molecular weight excluding hydrogens is 494 g/mol. The number of rotatable bonds is 8. The van der Waals surface area contributed by atoms with Crippen LogP contribution in [0.1, 0.15) is 31.5 Å². The molecule has 0 aliphatic heterocycles.